The van der Waals surface area contributed by atoms with E-state index in [1.54, 1.807) is 0 Å². The summed E-state index contributed by atoms with van der Waals surface area (Å²) in [7, 11) is 0. The van der Waals surface area contributed by atoms with Crippen LogP contribution in [0.2, 0.25) is 0 Å². The van der Waals surface area contributed by atoms with Crippen molar-refractivity contribution >= 4 is 0 Å². The second-order valence-electron chi connectivity index (χ2n) is 5.46. The van der Waals surface area contributed by atoms with Crippen LogP contribution in [-0.4, -0.2) is 22.7 Å². The van der Waals surface area contributed by atoms with Crippen molar-refractivity contribution in [3.8, 4) is 0 Å². The number of nitrogens with one attached hydrogen (secondary N) is 1. The average Bonchev–Trinajstić information content (AvgIpc) is 3.13. The van der Waals surface area contributed by atoms with Crippen molar-refractivity contribution in [3.63, 3.8) is 0 Å². The normalized spacial score (nSPS) is 18.8. The van der Waals surface area contributed by atoms with E-state index in [4.69, 9.17) is 4.52 Å². The molecule has 1 aromatic heterocycles. The lowest BCUT2D eigenvalue weighted by atomic mass is 10.1. The first-order chi connectivity index (χ1) is 8.74. The van der Waals surface area contributed by atoms with Gasteiger partial charge in [-0.2, -0.15) is 4.98 Å². The molecule has 1 heterocycles. The number of hydrogen-bond acceptors (Lipinski definition) is 4. The Balaban J connectivity index is 1.91. The molecule has 2 atom stereocenters. The summed E-state index contributed by atoms with van der Waals surface area (Å²) in [6.07, 6.45) is 5.79. The van der Waals surface area contributed by atoms with E-state index in [0.717, 1.165) is 37.0 Å². The van der Waals surface area contributed by atoms with Gasteiger partial charge in [-0.05, 0) is 38.1 Å². The van der Waals surface area contributed by atoms with E-state index < -0.39 is 0 Å². The average molecular weight is 251 g/mol. The molecule has 4 nitrogen and oxygen atoms in total. The molecule has 2 rings (SSSR count). The fraction of sp³-hybridized carbons (Fsp3) is 0.857. The third-order valence-electron chi connectivity index (χ3n) is 3.78. The summed E-state index contributed by atoms with van der Waals surface area (Å²) in [4.78, 5) is 4.52. The minimum Gasteiger partial charge on any atom is -0.339 e. The first kappa shape index (κ1) is 13.5. The number of aromatic nitrogens is 2. The molecular formula is C14H25N3O. The highest BCUT2D eigenvalue weighted by Crippen LogP contribution is 2.34. The maximum Gasteiger partial charge on any atom is 0.228 e. The molecule has 18 heavy (non-hydrogen) atoms. The van der Waals surface area contributed by atoms with Crippen LogP contribution in [0.1, 0.15) is 64.1 Å². The van der Waals surface area contributed by atoms with Crippen molar-refractivity contribution in [1.82, 2.24) is 15.5 Å². The summed E-state index contributed by atoms with van der Waals surface area (Å²) in [5, 5.41) is 7.69. The van der Waals surface area contributed by atoms with Gasteiger partial charge in [-0.1, -0.05) is 25.9 Å². The van der Waals surface area contributed by atoms with Crippen molar-refractivity contribution in [2.24, 2.45) is 5.92 Å². The molecule has 0 amide bonds. The Morgan fingerprint density at radius 3 is 2.78 bits per heavy atom. The van der Waals surface area contributed by atoms with Gasteiger partial charge in [0.25, 0.3) is 0 Å². The smallest absolute Gasteiger partial charge is 0.228 e. The van der Waals surface area contributed by atoms with E-state index in [-0.39, 0.29) is 0 Å². The van der Waals surface area contributed by atoms with Gasteiger partial charge in [-0.15, -0.1) is 0 Å². The van der Waals surface area contributed by atoms with Gasteiger partial charge in [-0.25, -0.2) is 0 Å². The summed E-state index contributed by atoms with van der Waals surface area (Å²) in [5.74, 6) is 2.87. The highest BCUT2D eigenvalue weighted by atomic mass is 16.5. The van der Waals surface area contributed by atoms with E-state index in [1.807, 2.05) is 0 Å². The zero-order valence-corrected chi connectivity index (χ0v) is 11.8. The summed E-state index contributed by atoms with van der Waals surface area (Å²) in [5.41, 5.74) is 0. The van der Waals surface area contributed by atoms with Gasteiger partial charge in [0.1, 0.15) is 0 Å². The molecule has 0 bridgehead atoms. The monoisotopic (exact) mass is 251 g/mol. The first-order valence-corrected chi connectivity index (χ1v) is 7.30. The Kier molecular flexibility index (Phi) is 4.75. The minimum absolute atomic E-state index is 0.394. The number of nitrogens with zero attached hydrogens (tertiary/aromatic N) is 2. The molecule has 1 aromatic rings. The first-order valence-electron chi connectivity index (χ1n) is 7.30. The SMILES string of the molecule is CCCNC(Cc1nc(C(C)CC)no1)C1CC1. The fourth-order valence-electron chi connectivity index (χ4n) is 2.16. The summed E-state index contributed by atoms with van der Waals surface area (Å²) in [6, 6.07) is 0.523. The lowest BCUT2D eigenvalue weighted by Gasteiger charge is -2.15. The van der Waals surface area contributed by atoms with Gasteiger partial charge in [0.05, 0.1) is 0 Å². The van der Waals surface area contributed by atoms with Crippen LogP contribution in [0.5, 0.6) is 0 Å². The molecule has 0 radical (unpaired) electrons. The van der Waals surface area contributed by atoms with Crippen molar-refractivity contribution in [2.75, 3.05) is 6.54 Å². The van der Waals surface area contributed by atoms with Crippen LogP contribution in [0.3, 0.4) is 0 Å². The summed E-state index contributed by atoms with van der Waals surface area (Å²) in [6.45, 7) is 7.57. The Labute approximate surface area is 110 Å². The van der Waals surface area contributed by atoms with Gasteiger partial charge in [-0.3, -0.25) is 0 Å². The maximum atomic E-state index is 5.37. The van der Waals surface area contributed by atoms with Crippen molar-refractivity contribution in [1.29, 1.82) is 0 Å². The topological polar surface area (TPSA) is 51.0 Å². The highest BCUT2D eigenvalue weighted by molar-refractivity contribution is 4.97. The molecule has 1 aliphatic rings. The van der Waals surface area contributed by atoms with Crippen LogP contribution < -0.4 is 5.32 Å². The van der Waals surface area contributed by atoms with Crippen LogP contribution in [0.25, 0.3) is 0 Å². The quantitative estimate of drug-likeness (QED) is 0.772. The molecule has 4 heteroatoms. The number of rotatable bonds is 8. The molecule has 0 aliphatic heterocycles. The zero-order chi connectivity index (χ0) is 13.0. The molecule has 1 saturated carbocycles. The molecule has 2 unspecified atom stereocenters. The van der Waals surface area contributed by atoms with Crippen molar-refractivity contribution < 1.29 is 4.52 Å². The molecule has 0 spiro atoms. The zero-order valence-electron chi connectivity index (χ0n) is 11.8. The Morgan fingerprint density at radius 2 is 2.17 bits per heavy atom. The van der Waals surface area contributed by atoms with E-state index in [2.05, 4.69) is 36.2 Å². The molecule has 1 fully saturated rings. The minimum atomic E-state index is 0.394. The second-order valence-corrected chi connectivity index (χ2v) is 5.46. The Bertz CT molecular complexity index is 360. The lowest BCUT2D eigenvalue weighted by molar-refractivity contribution is 0.341. The van der Waals surface area contributed by atoms with Crippen molar-refractivity contribution in [2.45, 2.75) is 64.8 Å². The number of hydrogen-bond donors (Lipinski definition) is 1. The summed E-state index contributed by atoms with van der Waals surface area (Å²) >= 11 is 0. The van der Waals surface area contributed by atoms with E-state index in [0.29, 0.717) is 12.0 Å². The molecule has 0 saturated heterocycles. The molecule has 1 N–H and O–H groups in total. The van der Waals surface area contributed by atoms with E-state index >= 15 is 0 Å². The second kappa shape index (κ2) is 6.32. The third-order valence-corrected chi connectivity index (χ3v) is 3.78. The highest BCUT2D eigenvalue weighted by Gasteiger charge is 2.32. The molecule has 102 valence electrons. The largest absolute Gasteiger partial charge is 0.339 e. The molecular weight excluding hydrogens is 226 g/mol. The lowest BCUT2D eigenvalue weighted by Crippen LogP contribution is -2.33. The predicted molar refractivity (Wildman–Crippen MR) is 71.5 cm³/mol. The van der Waals surface area contributed by atoms with Crippen LogP contribution in [0.15, 0.2) is 4.52 Å². The van der Waals surface area contributed by atoms with Gasteiger partial charge < -0.3 is 9.84 Å². The van der Waals surface area contributed by atoms with Gasteiger partial charge in [0.15, 0.2) is 5.82 Å². The molecule has 0 aromatic carbocycles. The van der Waals surface area contributed by atoms with Gasteiger partial charge in [0.2, 0.25) is 5.89 Å². The Hall–Kier alpha value is -0.900. The maximum absolute atomic E-state index is 5.37. The van der Waals surface area contributed by atoms with Gasteiger partial charge in [0, 0.05) is 18.4 Å². The van der Waals surface area contributed by atoms with Crippen LogP contribution >= 0.6 is 0 Å². The summed E-state index contributed by atoms with van der Waals surface area (Å²) < 4.78 is 5.37. The van der Waals surface area contributed by atoms with Gasteiger partial charge >= 0.3 is 0 Å². The third kappa shape index (κ3) is 3.55. The van der Waals surface area contributed by atoms with E-state index in [1.165, 1.54) is 19.3 Å². The Morgan fingerprint density at radius 1 is 1.39 bits per heavy atom. The fourth-order valence-corrected chi connectivity index (χ4v) is 2.16. The van der Waals surface area contributed by atoms with Crippen LogP contribution in [-0.2, 0) is 6.42 Å². The van der Waals surface area contributed by atoms with E-state index in [9.17, 15) is 0 Å². The standard InChI is InChI=1S/C14H25N3O/c1-4-8-15-12(11-6-7-11)9-13-16-14(17-18-13)10(3)5-2/h10-12,15H,4-9H2,1-3H3. The predicted octanol–water partition coefficient (Wildman–Crippen LogP) is 2.90. The van der Waals surface area contributed by atoms with Crippen molar-refractivity contribution in [3.05, 3.63) is 11.7 Å². The van der Waals surface area contributed by atoms with Crippen LogP contribution in [0.4, 0.5) is 0 Å². The molecule has 1 aliphatic carbocycles. The van der Waals surface area contributed by atoms with Crippen LogP contribution in [0, 0.1) is 5.92 Å².